The maximum absolute atomic E-state index is 2.50. The zero-order valence-electron chi connectivity index (χ0n) is 18.5. The van der Waals surface area contributed by atoms with E-state index in [-0.39, 0.29) is 59.8 Å². The minimum Gasteiger partial charge on any atom is -1.00 e. The zero-order chi connectivity index (χ0) is 19.8. The molecule has 1 aliphatic carbocycles. The van der Waals surface area contributed by atoms with E-state index in [1.165, 1.54) is 69.9 Å². The molecule has 1 heterocycles. The van der Waals surface area contributed by atoms with Gasteiger partial charge in [-0.15, -0.1) is 41.1 Å². The van der Waals surface area contributed by atoms with E-state index in [2.05, 4.69) is 97.3 Å². The van der Waals surface area contributed by atoms with Crippen LogP contribution in [0.15, 0.2) is 78.9 Å². The van der Waals surface area contributed by atoms with Crippen molar-refractivity contribution in [3.05, 3.63) is 101 Å². The van der Waals surface area contributed by atoms with Crippen molar-refractivity contribution in [3.8, 4) is 5.69 Å². The molecule has 0 atom stereocenters. The molecular weight excluding hydrogens is 689 g/mol. The molecule has 0 aliphatic heterocycles. The molecule has 1 nitrogen and oxygen atoms in total. The van der Waals surface area contributed by atoms with E-state index in [4.69, 9.17) is 0 Å². The van der Waals surface area contributed by atoms with Gasteiger partial charge in [-0.05, 0) is 43.0 Å². The summed E-state index contributed by atoms with van der Waals surface area (Å²) >= 11 is 0. The van der Waals surface area contributed by atoms with Crippen LogP contribution in [-0.2, 0) is 38.7 Å². The summed E-state index contributed by atoms with van der Waals surface area (Å²) < 4.78 is 2.50. The van der Waals surface area contributed by atoms with Gasteiger partial charge in [-0.2, -0.15) is 17.2 Å². The number of aryl methyl sites for hydroxylation is 3. The van der Waals surface area contributed by atoms with Crippen LogP contribution in [0, 0.1) is 13.8 Å². The van der Waals surface area contributed by atoms with Crippen LogP contribution in [-0.4, -0.2) is 4.57 Å². The molecule has 4 heteroatoms. The summed E-state index contributed by atoms with van der Waals surface area (Å²) in [6, 6.07) is 28.5. The van der Waals surface area contributed by atoms with Gasteiger partial charge < -0.3 is 38.5 Å². The molecular formula is C28H27Br2HfN. The number of fused-ring (bicyclic) bond motifs is 4. The zero-order valence-corrected chi connectivity index (χ0v) is 25.3. The number of hydrogen-bond donors (Lipinski definition) is 0. The van der Waals surface area contributed by atoms with Gasteiger partial charge in [0.1, 0.15) is 0 Å². The Hall–Kier alpha value is -1.23. The van der Waals surface area contributed by atoms with Crippen molar-refractivity contribution in [2.75, 3.05) is 0 Å². The Bertz CT molecular complexity index is 1240. The Kier molecular flexibility index (Phi) is 9.93. The van der Waals surface area contributed by atoms with Crippen molar-refractivity contribution in [2.45, 2.75) is 39.5 Å². The van der Waals surface area contributed by atoms with Gasteiger partial charge in [0, 0.05) is 11.1 Å². The topological polar surface area (TPSA) is 4.93 Å². The molecule has 32 heavy (non-hydrogen) atoms. The Balaban J connectivity index is 0.000000317. The first kappa shape index (κ1) is 27.0. The van der Waals surface area contributed by atoms with E-state index < -0.39 is 0 Å². The molecule has 5 aromatic rings. The molecule has 1 aliphatic rings. The number of nitrogens with zero attached hydrogens (tertiary/aromatic N) is 1. The van der Waals surface area contributed by atoms with Crippen molar-refractivity contribution < 1.29 is 59.8 Å². The van der Waals surface area contributed by atoms with Crippen molar-refractivity contribution in [1.82, 2.24) is 4.57 Å². The minimum atomic E-state index is 0. The monoisotopic (exact) mass is 715 g/mol. The SMILES string of the molecule is Cc1ccc[c-]1C.[Br-].[Br-].[Hf+4].c1ccc2[cH-]c(-n3c4c(c5ccccc53)CCCC4)cc2c1. The largest absolute Gasteiger partial charge is 4.00 e. The second-order valence-corrected chi connectivity index (χ2v) is 8.22. The normalized spacial score (nSPS) is 12.1. The van der Waals surface area contributed by atoms with Crippen LogP contribution < -0.4 is 34.0 Å². The van der Waals surface area contributed by atoms with E-state index in [0.717, 1.165) is 0 Å². The number of hydrogen-bond acceptors (Lipinski definition) is 0. The summed E-state index contributed by atoms with van der Waals surface area (Å²) in [5.74, 6) is 0. The smallest absolute Gasteiger partial charge is 1.00 e. The summed E-state index contributed by atoms with van der Waals surface area (Å²) in [4.78, 5) is 0. The Morgan fingerprint density at radius 1 is 0.875 bits per heavy atom. The number of aromatic nitrogens is 1. The van der Waals surface area contributed by atoms with E-state index in [0.29, 0.717) is 0 Å². The van der Waals surface area contributed by atoms with Gasteiger partial charge in [0.25, 0.3) is 0 Å². The minimum absolute atomic E-state index is 0. The van der Waals surface area contributed by atoms with E-state index in [1.54, 1.807) is 5.56 Å². The first-order valence-electron chi connectivity index (χ1n) is 10.7. The molecule has 1 aromatic heterocycles. The quantitative estimate of drug-likeness (QED) is 0.183. The summed E-state index contributed by atoms with van der Waals surface area (Å²) in [6.07, 6.45) is 5.06. The Morgan fingerprint density at radius 3 is 2.28 bits per heavy atom. The van der Waals surface area contributed by atoms with Crippen LogP contribution in [0.25, 0.3) is 27.4 Å². The number of benzene rings is 2. The Labute approximate surface area is 230 Å². The number of halogens is 2. The van der Waals surface area contributed by atoms with Crippen molar-refractivity contribution >= 4 is 21.7 Å². The molecule has 0 N–H and O–H groups in total. The second kappa shape index (κ2) is 11.8. The molecule has 4 aromatic carbocycles. The van der Waals surface area contributed by atoms with Gasteiger partial charge in [0.05, 0.1) is 5.52 Å². The average molecular weight is 716 g/mol. The summed E-state index contributed by atoms with van der Waals surface area (Å²) in [5, 5.41) is 4.11. The molecule has 0 radical (unpaired) electrons. The van der Waals surface area contributed by atoms with Crippen LogP contribution in [0.5, 0.6) is 0 Å². The van der Waals surface area contributed by atoms with Crippen LogP contribution in [0.2, 0.25) is 0 Å². The summed E-state index contributed by atoms with van der Waals surface area (Å²) in [7, 11) is 0. The molecule has 0 fully saturated rings. The molecule has 162 valence electrons. The summed E-state index contributed by atoms with van der Waals surface area (Å²) in [6.45, 7) is 4.24. The van der Waals surface area contributed by atoms with Crippen molar-refractivity contribution in [1.29, 1.82) is 0 Å². The van der Waals surface area contributed by atoms with Gasteiger partial charge in [0.2, 0.25) is 0 Å². The second-order valence-electron chi connectivity index (χ2n) is 8.22. The molecule has 0 spiro atoms. The van der Waals surface area contributed by atoms with Gasteiger partial charge in [-0.3, -0.25) is 0 Å². The van der Waals surface area contributed by atoms with Crippen molar-refractivity contribution in [3.63, 3.8) is 0 Å². The fraction of sp³-hybridized carbons (Fsp3) is 0.214. The van der Waals surface area contributed by atoms with Crippen LogP contribution >= 0.6 is 0 Å². The van der Waals surface area contributed by atoms with Crippen LogP contribution in [0.1, 0.15) is 35.2 Å². The fourth-order valence-electron chi connectivity index (χ4n) is 4.65. The molecule has 6 rings (SSSR count). The Morgan fingerprint density at radius 2 is 1.59 bits per heavy atom. The average Bonchev–Trinajstić information content (AvgIpc) is 3.43. The third-order valence-corrected chi connectivity index (χ3v) is 6.35. The van der Waals surface area contributed by atoms with Gasteiger partial charge in [-0.25, -0.2) is 12.1 Å². The fourth-order valence-corrected chi connectivity index (χ4v) is 4.65. The van der Waals surface area contributed by atoms with E-state index in [1.807, 2.05) is 0 Å². The number of para-hydroxylation sites is 1. The standard InChI is InChI=1S/C21H18N.C7H9.2BrH.Hf/c1-2-8-16-14-17(13-15(16)7-1)22-20-11-5-3-9-18(20)19-10-4-6-12-21(19)22;1-6-4-3-5-7(6)2;;;/h1-3,5,7-9,11,13-14H,4,6,10,12H2;3-5H,1-2H3;2*1H;/q2*-1;;;+4/p-2. The maximum Gasteiger partial charge on any atom is 4.00 e. The molecule has 0 unspecified atom stereocenters. The predicted molar refractivity (Wildman–Crippen MR) is 125 cm³/mol. The molecule has 0 saturated carbocycles. The van der Waals surface area contributed by atoms with Gasteiger partial charge in [-0.1, -0.05) is 38.1 Å². The third-order valence-electron chi connectivity index (χ3n) is 6.35. The molecule has 0 saturated heterocycles. The van der Waals surface area contributed by atoms with Crippen LogP contribution in [0.4, 0.5) is 0 Å². The summed E-state index contributed by atoms with van der Waals surface area (Å²) in [5.41, 5.74) is 8.57. The van der Waals surface area contributed by atoms with Gasteiger partial charge in [0.15, 0.2) is 0 Å². The third kappa shape index (κ3) is 5.13. The molecule has 0 amide bonds. The van der Waals surface area contributed by atoms with E-state index >= 15 is 0 Å². The maximum atomic E-state index is 2.50. The van der Waals surface area contributed by atoms with Crippen molar-refractivity contribution in [2.24, 2.45) is 0 Å². The molecule has 0 bridgehead atoms. The van der Waals surface area contributed by atoms with Crippen LogP contribution in [0.3, 0.4) is 0 Å². The van der Waals surface area contributed by atoms with Gasteiger partial charge >= 0.3 is 25.8 Å². The van der Waals surface area contributed by atoms with E-state index in [9.17, 15) is 0 Å². The predicted octanol–water partition coefficient (Wildman–Crippen LogP) is 1.41. The number of rotatable bonds is 1. The first-order chi connectivity index (χ1) is 14.2. The first-order valence-corrected chi connectivity index (χ1v) is 10.7.